The Hall–Kier alpha value is -2.36. The number of rotatable bonds is 5. The number of halogens is 1. The van der Waals surface area contributed by atoms with Gasteiger partial charge >= 0.3 is 0 Å². The number of thiophene rings is 1. The molecule has 28 heavy (non-hydrogen) atoms. The van der Waals surface area contributed by atoms with Crippen LogP contribution in [0, 0.1) is 6.92 Å². The summed E-state index contributed by atoms with van der Waals surface area (Å²) in [5.74, 6) is -0.166. The molecular formula is C19H17BrN2O4S2. The number of carbonyl (C=O) groups is 1. The van der Waals surface area contributed by atoms with Crippen molar-refractivity contribution in [1.82, 2.24) is 0 Å². The van der Waals surface area contributed by atoms with Gasteiger partial charge in [0.25, 0.3) is 5.91 Å². The van der Waals surface area contributed by atoms with Crippen LogP contribution in [0.2, 0.25) is 0 Å². The van der Waals surface area contributed by atoms with E-state index in [-0.39, 0.29) is 11.7 Å². The molecule has 0 spiro atoms. The summed E-state index contributed by atoms with van der Waals surface area (Å²) < 4.78 is 25.9. The number of phenols is 1. The van der Waals surface area contributed by atoms with Crippen molar-refractivity contribution in [2.75, 3.05) is 16.3 Å². The molecule has 0 aliphatic heterocycles. The van der Waals surface area contributed by atoms with Crippen LogP contribution in [0.25, 0.3) is 11.1 Å². The summed E-state index contributed by atoms with van der Waals surface area (Å²) in [5, 5.41) is 14.7. The van der Waals surface area contributed by atoms with Gasteiger partial charge in [-0.3, -0.25) is 9.52 Å². The van der Waals surface area contributed by atoms with E-state index < -0.39 is 10.0 Å². The fraction of sp³-hybridized carbons (Fsp3) is 0.105. The molecule has 6 nitrogen and oxygen atoms in total. The van der Waals surface area contributed by atoms with E-state index in [9.17, 15) is 18.3 Å². The largest absolute Gasteiger partial charge is 0.507 e. The third-order valence-corrected chi connectivity index (χ3v) is 5.81. The molecule has 3 aromatic rings. The van der Waals surface area contributed by atoms with E-state index in [0.29, 0.717) is 26.3 Å². The number of nitrogens with one attached hydrogen (secondary N) is 2. The lowest BCUT2D eigenvalue weighted by Gasteiger charge is -2.09. The molecule has 0 saturated carbocycles. The monoisotopic (exact) mass is 480 g/mol. The zero-order valence-electron chi connectivity index (χ0n) is 15.0. The first kappa shape index (κ1) is 20.4. The van der Waals surface area contributed by atoms with Crippen LogP contribution in [0.5, 0.6) is 5.75 Å². The Morgan fingerprint density at radius 1 is 1.14 bits per heavy atom. The minimum atomic E-state index is -3.43. The molecular weight excluding hydrogens is 464 g/mol. The molecule has 0 fully saturated rings. The van der Waals surface area contributed by atoms with Gasteiger partial charge in [-0.05, 0) is 53.8 Å². The van der Waals surface area contributed by atoms with Gasteiger partial charge in [0.1, 0.15) is 5.75 Å². The maximum Gasteiger partial charge on any atom is 0.265 e. The Labute approximate surface area is 175 Å². The van der Waals surface area contributed by atoms with E-state index in [1.54, 1.807) is 30.3 Å². The van der Waals surface area contributed by atoms with Crippen LogP contribution in [0.3, 0.4) is 0 Å². The Kier molecular flexibility index (Phi) is 5.78. The van der Waals surface area contributed by atoms with Gasteiger partial charge in [-0.25, -0.2) is 8.42 Å². The number of carbonyl (C=O) groups excluding carboxylic acids is 1. The fourth-order valence-electron chi connectivity index (χ4n) is 2.74. The number of aromatic hydroxyl groups is 1. The van der Waals surface area contributed by atoms with Crippen molar-refractivity contribution in [3.63, 3.8) is 0 Å². The number of sulfonamides is 1. The average molecular weight is 481 g/mol. The predicted octanol–water partition coefficient (Wildman–Crippen LogP) is 4.82. The quantitative estimate of drug-likeness (QED) is 0.487. The van der Waals surface area contributed by atoms with Gasteiger partial charge in [0.05, 0.1) is 16.8 Å². The van der Waals surface area contributed by atoms with Crippen molar-refractivity contribution < 1.29 is 18.3 Å². The van der Waals surface area contributed by atoms with Crippen LogP contribution < -0.4 is 10.0 Å². The third-order valence-electron chi connectivity index (χ3n) is 3.82. The van der Waals surface area contributed by atoms with Crippen LogP contribution in [-0.2, 0) is 10.0 Å². The van der Waals surface area contributed by atoms with E-state index in [0.717, 1.165) is 17.4 Å². The highest BCUT2D eigenvalue weighted by atomic mass is 79.9. The second-order valence-corrected chi connectivity index (χ2v) is 9.80. The normalized spacial score (nSPS) is 11.2. The third kappa shape index (κ3) is 4.92. The molecule has 0 unspecified atom stereocenters. The molecule has 1 amide bonds. The zero-order valence-corrected chi connectivity index (χ0v) is 18.2. The number of aryl methyl sites for hydroxylation is 1. The lowest BCUT2D eigenvalue weighted by atomic mass is 10.0. The van der Waals surface area contributed by atoms with Gasteiger partial charge < -0.3 is 10.4 Å². The van der Waals surface area contributed by atoms with Crippen molar-refractivity contribution in [2.24, 2.45) is 0 Å². The molecule has 1 heterocycles. The van der Waals surface area contributed by atoms with Crippen LogP contribution in [0.4, 0.5) is 11.4 Å². The summed E-state index contributed by atoms with van der Waals surface area (Å²) >= 11 is 4.57. The molecule has 2 aromatic carbocycles. The lowest BCUT2D eigenvalue weighted by Crippen LogP contribution is -2.12. The van der Waals surface area contributed by atoms with Crippen molar-refractivity contribution in [1.29, 1.82) is 0 Å². The van der Waals surface area contributed by atoms with Gasteiger partial charge in [-0.15, -0.1) is 11.3 Å². The number of hydrogen-bond donors (Lipinski definition) is 3. The smallest absolute Gasteiger partial charge is 0.265 e. The Balaban J connectivity index is 1.84. The van der Waals surface area contributed by atoms with Crippen molar-refractivity contribution in [3.05, 3.63) is 62.8 Å². The maximum atomic E-state index is 12.6. The van der Waals surface area contributed by atoms with Gasteiger partial charge in [-0.1, -0.05) is 28.1 Å². The van der Waals surface area contributed by atoms with E-state index in [1.807, 2.05) is 18.4 Å². The Morgan fingerprint density at radius 2 is 1.86 bits per heavy atom. The Morgan fingerprint density at radius 3 is 2.54 bits per heavy atom. The van der Waals surface area contributed by atoms with Crippen LogP contribution in [-0.4, -0.2) is 25.7 Å². The van der Waals surface area contributed by atoms with E-state index >= 15 is 0 Å². The molecule has 0 aliphatic carbocycles. The topological polar surface area (TPSA) is 95.5 Å². The number of benzene rings is 2. The number of amides is 1. The number of anilines is 2. The van der Waals surface area contributed by atoms with Gasteiger partial charge in [0.2, 0.25) is 10.0 Å². The van der Waals surface area contributed by atoms with Gasteiger partial charge in [0.15, 0.2) is 0 Å². The van der Waals surface area contributed by atoms with Crippen molar-refractivity contribution in [3.8, 4) is 16.9 Å². The lowest BCUT2D eigenvalue weighted by molar-refractivity contribution is 0.103. The van der Waals surface area contributed by atoms with Crippen LogP contribution in [0.15, 0.2) is 52.3 Å². The average Bonchev–Trinajstić information content (AvgIpc) is 3.02. The van der Waals surface area contributed by atoms with Crippen LogP contribution >= 0.6 is 27.3 Å². The summed E-state index contributed by atoms with van der Waals surface area (Å²) in [6.45, 7) is 1.89. The summed E-state index contributed by atoms with van der Waals surface area (Å²) in [6.07, 6.45) is 1.06. The highest BCUT2D eigenvalue weighted by Gasteiger charge is 2.15. The molecule has 3 N–H and O–H groups in total. The highest BCUT2D eigenvalue weighted by molar-refractivity contribution is 9.10. The van der Waals surface area contributed by atoms with Crippen LogP contribution in [0.1, 0.15) is 15.2 Å². The molecule has 0 aliphatic rings. The minimum absolute atomic E-state index is 0.160. The highest BCUT2D eigenvalue weighted by Crippen LogP contribution is 2.35. The number of phenolic OH excluding ortho intramolecular Hbond substituents is 1. The molecule has 0 bridgehead atoms. The fourth-order valence-corrected chi connectivity index (χ4v) is 4.57. The first-order valence-corrected chi connectivity index (χ1v) is 11.7. The van der Waals surface area contributed by atoms with E-state index in [1.165, 1.54) is 17.4 Å². The van der Waals surface area contributed by atoms with E-state index in [2.05, 4.69) is 26.0 Å². The second kappa shape index (κ2) is 7.94. The van der Waals surface area contributed by atoms with E-state index in [4.69, 9.17) is 0 Å². The molecule has 0 radical (unpaired) electrons. The SMILES string of the molecule is Cc1cccc(O)c1-c1csc(C(=O)Nc2cc(Br)cc(NS(C)(=O)=O)c2)c1. The van der Waals surface area contributed by atoms with Crippen molar-refractivity contribution in [2.45, 2.75) is 6.92 Å². The summed E-state index contributed by atoms with van der Waals surface area (Å²) in [7, 11) is -3.43. The Bertz CT molecular complexity index is 1140. The molecule has 3 rings (SSSR count). The summed E-state index contributed by atoms with van der Waals surface area (Å²) in [6, 6.07) is 11.8. The molecule has 0 saturated heterocycles. The first-order valence-electron chi connectivity index (χ1n) is 8.09. The first-order chi connectivity index (χ1) is 13.1. The molecule has 9 heteroatoms. The predicted molar refractivity (Wildman–Crippen MR) is 117 cm³/mol. The second-order valence-electron chi connectivity index (χ2n) is 6.23. The maximum absolute atomic E-state index is 12.6. The van der Waals surface area contributed by atoms with Gasteiger partial charge in [-0.2, -0.15) is 0 Å². The standard InChI is InChI=1S/C19H17BrN2O4S2/c1-11-4-3-5-16(23)18(11)12-6-17(27-10-12)19(24)21-14-7-13(20)8-15(9-14)22-28(2,25)26/h3-10,22-23H,1-2H3,(H,21,24). The van der Waals surface area contributed by atoms with Crippen molar-refractivity contribution >= 4 is 54.6 Å². The summed E-state index contributed by atoms with van der Waals surface area (Å²) in [5.41, 5.74) is 3.15. The molecule has 1 aromatic heterocycles. The minimum Gasteiger partial charge on any atom is -0.507 e. The van der Waals surface area contributed by atoms with Gasteiger partial charge in [0, 0.05) is 15.7 Å². The molecule has 146 valence electrons. The zero-order chi connectivity index (χ0) is 20.5. The summed E-state index contributed by atoms with van der Waals surface area (Å²) in [4.78, 5) is 13.1. The molecule has 0 atom stereocenters. The number of hydrogen-bond acceptors (Lipinski definition) is 5.